The summed E-state index contributed by atoms with van der Waals surface area (Å²) in [6.45, 7) is 10.6. The Balaban J connectivity index is 2.22. The number of rotatable bonds is 7. The zero-order valence-corrected chi connectivity index (χ0v) is 15.0. The summed E-state index contributed by atoms with van der Waals surface area (Å²) in [6.07, 6.45) is 12.1. The van der Waals surface area contributed by atoms with Gasteiger partial charge in [0.15, 0.2) is 11.5 Å². The molecule has 0 fully saturated rings. The Morgan fingerprint density at radius 2 is 1.80 bits per heavy atom. The van der Waals surface area contributed by atoms with Crippen LogP contribution in [0.25, 0.3) is 11.8 Å². The van der Waals surface area contributed by atoms with Crippen LogP contribution in [0.5, 0.6) is 11.5 Å². The van der Waals surface area contributed by atoms with Crippen LogP contribution in [0.2, 0.25) is 0 Å². The van der Waals surface area contributed by atoms with Crippen LogP contribution in [-0.2, 0) is 0 Å². The number of hydrogen-bond donors (Lipinski definition) is 0. The third-order valence-electron chi connectivity index (χ3n) is 4.45. The van der Waals surface area contributed by atoms with Gasteiger partial charge in [0.25, 0.3) is 0 Å². The average Bonchev–Trinajstić information content (AvgIpc) is 2.64. The Labute approximate surface area is 149 Å². The van der Waals surface area contributed by atoms with Crippen molar-refractivity contribution in [3.8, 4) is 11.5 Å². The first-order valence-corrected chi connectivity index (χ1v) is 8.69. The Hall–Kier alpha value is -2.68. The van der Waals surface area contributed by atoms with Gasteiger partial charge in [0.1, 0.15) is 13.2 Å². The lowest BCUT2D eigenvalue weighted by Gasteiger charge is -2.29. The van der Waals surface area contributed by atoms with Crippen LogP contribution in [0.15, 0.2) is 60.9 Å². The zero-order chi connectivity index (χ0) is 17.8. The summed E-state index contributed by atoms with van der Waals surface area (Å²) in [5.74, 6) is 1.48. The van der Waals surface area contributed by atoms with Gasteiger partial charge in [-0.05, 0) is 41.3 Å². The maximum Gasteiger partial charge on any atom is 0.162 e. The smallest absolute Gasteiger partial charge is 0.162 e. The molecule has 1 aliphatic heterocycles. The quantitative estimate of drug-likeness (QED) is 0.714. The largest absolute Gasteiger partial charge is 0.486 e. The molecule has 0 aromatic heterocycles. The Kier molecular flexibility index (Phi) is 5.13. The van der Waals surface area contributed by atoms with Gasteiger partial charge in [0, 0.05) is 24.2 Å². The number of hydrogen-bond acceptors (Lipinski definition) is 3. The highest BCUT2D eigenvalue weighted by molar-refractivity contribution is 5.73. The molecule has 0 saturated heterocycles. The molecule has 2 aliphatic rings. The fourth-order valence-corrected chi connectivity index (χ4v) is 3.39. The summed E-state index contributed by atoms with van der Waals surface area (Å²) in [7, 11) is 2.11. The van der Waals surface area contributed by atoms with Gasteiger partial charge in [-0.15, -0.1) is 0 Å². The number of ether oxygens (including phenoxy) is 2. The van der Waals surface area contributed by atoms with Crippen LogP contribution in [0.4, 0.5) is 0 Å². The van der Waals surface area contributed by atoms with Crippen molar-refractivity contribution in [2.45, 2.75) is 19.8 Å². The van der Waals surface area contributed by atoms with E-state index < -0.39 is 0 Å². The van der Waals surface area contributed by atoms with Crippen molar-refractivity contribution < 1.29 is 9.47 Å². The SMILES string of the molecule is C=CCOc1cc2c(cc1OCC=C)=C1CC=CC(CC)=C1N(C)C=2. The van der Waals surface area contributed by atoms with E-state index in [1.165, 1.54) is 22.1 Å². The van der Waals surface area contributed by atoms with Crippen molar-refractivity contribution in [1.82, 2.24) is 4.90 Å². The molecule has 3 rings (SSSR count). The maximum atomic E-state index is 5.86. The standard InChI is InChI=1S/C22H25NO2/c1-5-11-24-20-13-17-15-23(4)22-16(7-3)9-8-10-18(22)19(17)14-21(20)25-12-6-2/h5-6,8-9,13-15H,1-2,7,10-12H2,3-4H3. The first-order valence-electron chi connectivity index (χ1n) is 8.69. The topological polar surface area (TPSA) is 21.7 Å². The summed E-state index contributed by atoms with van der Waals surface area (Å²) in [5, 5.41) is 2.37. The molecule has 0 bridgehead atoms. The van der Waals surface area contributed by atoms with Gasteiger partial charge in [-0.2, -0.15) is 0 Å². The normalized spacial score (nSPS) is 15.3. The predicted octanol–water partition coefficient (Wildman–Crippen LogP) is 3.27. The molecule has 1 aliphatic carbocycles. The molecule has 0 atom stereocenters. The fourth-order valence-electron chi connectivity index (χ4n) is 3.39. The first-order chi connectivity index (χ1) is 12.2. The molecular weight excluding hydrogens is 310 g/mol. The molecule has 0 amide bonds. The number of fused-ring (bicyclic) bond motifs is 2. The highest BCUT2D eigenvalue weighted by Gasteiger charge is 2.21. The molecule has 0 N–H and O–H groups in total. The maximum absolute atomic E-state index is 5.86. The van der Waals surface area contributed by atoms with Gasteiger partial charge in [-0.1, -0.05) is 44.4 Å². The lowest BCUT2D eigenvalue weighted by atomic mass is 9.91. The summed E-state index contributed by atoms with van der Waals surface area (Å²) in [4.78, 5) is 2.22. The molecule has 0 unspecified atom stereocenters. The van der Waals surface area contributed by atoms with E-state index in [4.69, 9.17) is 9.47 Å². The van der Waals surface area contributed by atoms with Crippen LogP contribution < -0.4 is 19.9 Å². The molecule has 1 aromatic rings. The van der Waals surface area contributed by atoms with Crippen molar-refractivity contribution in [1.29, 1.82) is 0 Å². The minimum absolute atomic E-state index is 0.448. The van der Waals surface area contributed by atoms with Gasteiger partial charge >= 0.3 is 0 Å². The van der Waals surface area contributed by atoms with Crippen molar-refractivity contribution in [3.63, 3.8) is 0 Å². The third kappa shape index (κ3) is 3.27. The van der Waals surface area contributed by atoms with E-state index in [1.807, 2.05) is 0 Å². The lowest BCUT2D eigenvalue weighted by molar-refractivity contribution is 0.307. The molecule has 3 heteroatoms. The summed E-state index contributed by atoms with van der Waals surface area (Å²) >= 11 is 0. The summed E-state index contributed by atoms with van der Waals surface area (Å²) in [6, 6.07) is 4.16. The molecule has 1 aromatic carbocycles. The fraction of sp³-hybridized carbons (Fsp3) is 0.273. The molecular formula is C22H25NO2. The van der Waals surface area contributed by atoms with Crippen LogP contribution in [-0.4, -0.2) is 25.2 Å². The molecule has 25 heavy (non-hydrogen) atoms. The van der Waals surface area contributed by atoms with Crippen molar-refractivity contribution in [2.24, 2.45) is 0 Å². The van der Waals surface area contributed by atoms with Gasteiger partial charge in [-0.25, -0.2) is 0 Å². The molecule has 130 valence electrons. The second-order valence-corrected chi connectivity index (χ2v) is 6.14. The van der Waals surface area contributed by atoms with Gasteiger partial charge in [-0.3, -0.25) is 0 Å². The minimum Gasteiger partial charge on any atom is -0.486 e. The summed E-state index contributed by atoms with van der Waals surface area (Å²) < 4.78 is 11.7. The van der Waals surface area contributed by atoms with E-state index in [1.54, 1.807) is 12.2 Å². The first kappa shape index (κ1) is 17.2. The van der Waals surface area contributed by atoms with Crippen molar-refractivity contribution in [2.75, 3.05) is 20.3 Å². The molecule has 0 spiro atoms. The Morgan fingerprint density at radius 3 is 2.44 bits per heavy atom. The van der Waals surface area contributed by atoms with E-state index in [9.17, 15) is 0 Å². The lowest BCUT2D eigenvalue weighted by Crippen LogP contribution is -2.37. The third-order valence-corrected chi connectivity index (χ3v) is 4.45. The van der Waals surface area contributed by atoms with Gasteiger partial charge in [0.2, 0.25) is 0 Å². The highest BCUT2D eigenvalue weighted by Crippen LogP contribution is 2.32. The van der Waals surface area contributed by atoms with E-state index >= 15 is 0 Å². The van der Waals surface area contributed by atoms with Crippen molar-refractivity contribution >= 4 is 11.8 Å². The van der Waals surface area contributed by atoms with Crippen LogP contribution in [0, 0.1) is 0 Å². The zero-order valence-electron chi connectivity index (χ0n) is 15.0. The Morgan fingerprint density at radius 1 is 1.12 bits per heavy atom. The second kappa shape index (κ2) is 7.47. The van der Waals surface area contributed by atoms with E-state index in [2.05, 4.69) is 62.5 Å². The number of nitrogens with zero attached hydrogens (tertiary/aromatic N) is 1. The van der Waals surface area contributed by atoms with Gasteiger partial charge < -0.3 is 14.4 Å². The number of benzene rings is 1. The molecule has 0 radical (unpaired) electrons. The van der Waals surface area contributed by atoms with Crippen LogP contribution in [0.3, 0.4) is 0 Å². The molecule has 3 nitrogen and oxygen atoms in total. The van der Waals surface area contributed by atoms with Gasteiger partial charge in [0.05, 0.1) is 0 Å². The number of allylic oxidation sites excluding steroid dienone is 4. The van der Waals surface area contributed by atoms with E-state index in [0.717, 1.165) is 29.6 Å². The molecule has 0 saturated carbocycles. The monoisotopic (exact) mass is 335 g/mol. The minimum atomic E-state index is 0.448. The Bertz CT molecular complexity index is 874. The molecule has 1 heterocycles. The second-order valence-electron chi connectivity index (χ2n) is 6.14. The van der Waals surface area contributed by atoms with Crippen LogP contribution in [0.1, 0.15) is 19.8 Å². The van der Waals surface area contributed by atoms with Crippen LogP contribution >= 0.6 is 0 Å². The highest BCUT2D eigenvalue weighted by atomic mass is 16.5. The average molecular weight is 335 g/mol. The van der Waals surface area contributed by atoms with Crippen molar-refractivity contribution in [3.05, 3.63) is 71.3 Å². The summed E-state index contributed by atoms with van der Waals surface area (Å²) in [5.41, 5.74) is 4.02. The van der Waals surface area contributed by atoms with E-state index in [0.29, 0.717) is 13.2 Å². The van der Waals surface area contributed by atoms with E-state index in [-0.39, 0.29) is 0 Å². The predicted molar refractivity (Wildman–Crippen MR) is 104 cm³/mol.